The van der Waals surface area contributed by atoms with Gasteiger partial charge in [-0.15, -0.1) is 5.10 Å². The molecular weight excluding hydrogens is 249 g/mol. The molecule has 0 saturated heterocycles. The molecule has 1 N–H and O–H groups in total. The van der Waals surface area contributed by atoms with Gasteiger partial charge in [-0.2, -0.15) is 0 Å². The van der Waals surface area contributed by atoms with Gasteiger partial charge >= 0.3 is 0 Å². The topological polar surface area (TPSA) is 50.9 Å². The predicted molar refractivity (Wildman–Crippen MR) is 61.5 cm³/mol. The van der Waals surface area contributed by atoms with Gasteiger partial charge in [0.15, 0.2) is 0 Å². The van der Waals surface area contributed by atoms with Crippen molar-refractivity contribution in [2.45, 2.75) is 6.10 Å². The molecule has 2 rings (SSSR count). The summed E-state index contributed by atoms with van der Waals surface area (Å²) in [6.07, 6.45) is 0.639. The summed E-state index contributed by atoms with van der Waals surface area (Å²) in [4.78, 5) is 0. The van der Waals surface area contributed by atoms with E-state index in [0.29, 0.717) is 21.3 Å². The lowest BCUT2D eigenvalue weighted by Crippen LogP contribution is -2.07. The van der Waals surface area contributed by atoms with E-state index in [1.807, 2.05) is 0 Å². The minimum absolute atomic E-state index is 0.418. The highest BCUT2D eigenvalue weighted by Crippen LogP contribution is 2.29. The van der Waals surface area contributed by atoms with Crippen LogP contribution in [-0.2, 0) is 7.05 Å². The van der Waals surface area contributed by atoms with Gasteiger partial charge in [-0.05, 0) is 12.1 Å². The third-order valence-electron chi connectivity index (χ3n) is 2.29. The molecule has 0 saturated carbocycles. The molecule has 2 aromatic rings. The molecule has 84 valence electrons. The SMILES string of the molecule is Cn1nncc1C(O)c1ccc(Cl)cc1Cl. The zero-order valence-electron chi connectivity index (χ0n) is 8.43. The van der Waals surface area contributed by atoms with Crippen molar-refractivity contribution in [2.75, 3.05) is 0 Å². The van der Waals surface area contributed by atoms with E-state index >= 15 is 0 Å². The maximum absolute atomic E-state index is 10.1. The lowest BCUT2D eigenvalue weighted by molar-refractivity contribution is 0.210. The Balaban J connectivity index is 2.41. The number of aryl methyl sites for hydroxylation is 1. The number of hydrogen-bond acceptors (Lipinski definition) is 3. The highest BCUT2D eigenvalue weighted by Gasteiger charge is 2.17. The van der Waals surface area contributed by atoms with E-state index in [0.717, 1.165) is 0 Å². The smallest absolute Gasteiger partial charge is 0.124 e. The standard InChI is InChI=1S/C10H9Cl2N3O/c1-15-9(5-13-14-15)10(16)7-3-2-6(11)4-8(7)12/h2-5,10,16H,1H3. The number of benzene rings is 1. The normalized spacial score (nSPS) is 12.8. The van der Waals surface area contributed by atoms with Crippen molar-refractivity contribution in [3.63, 3.8) is 0 Å². The average Bonchev–Trinajstić information content (AvgIpc) is 2.63. The van der Waals surface area contributed by atoms with Crippen LogP contribution in [0.25, 0.3) is 0 Å². The molecule has 1 heterocycles. The molecule has 16 heavy (non-hydrogen) atoms. The van der Waals surface area contributed by atoms with Crippen molar-refractivity contribution < 1.29 is 5.11 Å². The van der Waals surface area contributed by atoms with E-state index in [9.17, 15) is 5.11 Å². The van der Waals surface area contributed by atoms with E-state index in [1.54, 1.807) is 25.2 Å². The number of aromatic nitrogens is 3. The van der Waals surface area contributed by atoms with Crippen molar-refractivity contribution in [2.24, 2.45) is 7.05 Å². The summed E-state index contributed by atoms with van der Waals surface area (Å²) >= 11 is 11.8. The van der Waals surface area contributed by atoms with Crippen molar-refractivity contribution in [1.82, 2.24) is 15.0 Å². The molecule has 0 bridgehead atoms. The fraction of sp³-hybridized carbons (Fsp3) is 0.200. The molecule has 0 amide bonds. The molecule has 0 aliphatic rings. The number of aliphatic hydroxyl groups excluding tert-OH is 1. The fourth-order valence-corrected chi connectivity index (χ4v) is 1.94. The van der Waals surface area contributed by atoms with Crippen molar-refractivity contribution in [1.29, 1.82) is 0 Å². The second-order valence-corrected chi connectivity index (χ2v) is 4.19. The van der Waals surface area contributed by atoms with E-state index in [4.69, 9.17) is 23.2 Å². The molecule has 1 unspecified atom stereocenters. The first-order valence-corrected chi connectivity index (χ1v) is 5.33. The van der Waals surface area contributed by atoms with Crippen LogP contribution in [0.15, 0.2) is 24.4 Å². The Morgan fingerprint density at radius 3 is 2.69 bits per heavy atom. The monoisotopic (exact) mass is 257 g/mol. The highest BCUT2D eigenvalue weighted by atomic mass is 35.5. The van der Waals surface area contributed by atoms with Crippen molar-refractivity contribution in [3.05, 3.63) is 45.7 Å². The second kappa shape index (κ2) is 4.41. The third-order valence-corrected chi connectivity index (χ3v) is 2.85. The van der Waals surface area contributed by atoms with Crippen molar-refractivity contribution >= 4 is 23.2 Å². The van der Waals surface area contributed by atoms with Gasteiger partial charge in [0.2, 0.25) is 0 Å². The van der Waals surface area contributed by atoms with Gasteiger partial charge in [-0.25, -0.2) is 4.68 Å². The molecule has 1 atom stereocenters. The average molecular weight is 258 g/mol. The Morgan fingerprint density at radius 2 is 2.12 bits per heavy atom. The Labute approximate surface area is 102 Å². The maximum Gasteiger partial charge on any atom is 0.124 e. The molecule has 0 fully saturated rings. The first-order chi connectivity index (χ1) is 7.59. The zero-order valence-corrected chi connectivity index (χ0v) is 9.94. The van der Waals surface area contributed by atoms with Gasteiger partial charge in [-0.1, -0.05) is 34.5 Å². The number of aliphatic hydroxyl groups is 1. The second-order valence-electron chi connectivity index (χ2n) is 3.35. The summed E-state index contributed by atoms with van der Waals surface area (Å²) in [6, 6.07) is 4.95. The molecule has 0 aliphatic heterocycles. The van der Waals surface area contributed by atoms with Crippen LogP contribution in [-0.4, -0.2) is 20.1 Å². The van der Waals surface area contributed by atoms with E-state index in [1.165, 1.54) is 10.9 Å². The highest BCUT2D eigenvalue weighted by molar-refractivity contribution is 6.35. The summed E-state index contributed by atoms with van der Waals surface area (Å²) in [6.45, 7) is 0. The van der Waals surface area contributed by atoms with Gasteiger partial charge in [0.25, 0.3) is 0 Å². The summed E-state index contributed by atoms with van der Waals surface area (Å²) in [7, 11) is 1.70. The molecule has 6 heteroatoms. The minimum Gasteiger partial charge on any atom is -0.382 e. The largest absolute Gasteiger partial charge is 0.382 e. The Kier molecular flexibility index (Phi) is 3.14. The number of rotatable bonds is 2. The third kappa shape index (κ3) is 2.04. The Bertz CT molecular complexity index is 513. The molecule has 4 nitrogen and oxygen atoms in total. The van der Waals surface area contributed by atoms with Gasteiger partial charge in [0.05, 0.1) is 11.9 Å². The van der Waals surface area contributed by atoms with Crippen LogP contribution in [0, 0.1) is 0 Å². The quantitative estimate of drug-likeness (QED) is 0.898. The summed E-state index contributed by atoms with van der Waals surface area (Å²) in [5.41, 5.74) is 1.15. The van der Waals surface area contributed by atoms with Gasteiger partial charge in [-0.3, -0.25) is 0 Å². The number of hydrogen-bond donors (Lipinski definition) is 1. The van der Waals surface area contributed by atoms with Gasteiger partial charge in [0.1, 0.15) is 6.10 Å². The summed E-state index contributed by atoms with van der Waals surface area (Å²) in [5.74, 6) is 0. The van der Waals surface area contributed by atoms with Gasteiger partial charge < -0.3 is 5.11 Å². The molecule has 0 radical (unpaired) electrons. The lowest BCUT2D eigenvalue weighted by Gasteiger charge is -2.12. The number of nitrogens with zero attached hydrogens (tertiary/aromatic N) is 3. The van der Waals surface area contributed by atoms with Crippen LogP contribution < -0.4 is 0 Å². The van der Waals surface area contributed by atoms with Crippen LogP contribution in [0.2, 0.25) is 10.0 Å². The van der Waals surface area contributed by atoms with E-state index < -0.39 is 6.10 Å². The maximum atomic E-state index is 10.1. The first-order valence-electron chi connectivity index (χ1n) is 4.57. The molecule has 1 aromatic carbocycles. The van der Waals surface area contributed by atoms with Crippen LogP contribution >= 0.6 is 23.2 Å². The first kappa shape index (κ1) is 11.4. The van der Waals surface area contributed by atoms with Crippen LogP contribution in [0.5, 0.6) is 0 Å². The lowest BCUT2D eigenvalue weighted by atomic mass is 10.1. The number of halogens is 2. The fourth-order valence-electron chi connectivity index (χ4n) is 1.43. The van der Waals surface area contributed by atoms with Crippen LogP contribution in [0.3, 0.4) is 0 Å². The van der Waals surface area contributed by atoms with Crippen molar-refractivity contribution in [3.8, 4) is 0 Å². The predicted octanol–water partition coefficient (Wildman–Crippen LogP) is 2.20. The van der Waals surface area contributed by atoms with E-state index in [-0.39, 0.29) is 0 Å². The minimum atomic E-state index is -0.857. The molecule has 0 aliphatic carbocycles. The summed E-state index contributed by atoms with van der Waals surface area (Å²) < 4.78 is 1.50. The zero-order chi connectivity index (χ0) is 11.7. The molecule has 0 spiro atoms. The molecular formula is C10H9Cl2N3O. The van der Waals surface area contributed by atoms with Gasteiger partial charge in [0, 0.05) is 22.7 Å². The summed E-state index contributed by atoms with van der Waals surface area (Å²) in [5, 5.41) is 18.5. The Hall–Kier alpha value is -1.10. The Morgan fingerprint density at radius 1 is 1.38 bits per heavy atom. The van der Waals surface area contributed by atoms with Crippen LogP contribution in [0.4, 0.5) is 0 Å². The van der Waals surface area contributed by atoms with Crippen LogP contribution in [0.1, 0.15) is 17.4 Å². The van der Waals surface area contributed by atoms with E-state index in [2.05, 4.69) is 10.3 Å². The molecule has 1 aromatic heterocycles.